The fourth-order valence-electron chi connectivity index (χ4n) is 2.14. The summed E-state index contributed by atoms with van der Waals surface area (Å²) in [5.41, 5.74) is 4.43. The summed E-state index contributed by atoms with van der Waals surface area (Å²) in [7, 11) is 0. The van der Waals surface area contributed by atoms with Crippen LogP contribution >= 0.6 is 11.3 Å². The molecular formula is C16H15N5O2S. The van der Waals surface area contributed by atoms with E-state index in [1.165, 1.54) is 12.1 Å². The van der Waals surface area contributed by atoms with Gasteiger partial charge in [-0.15, -0.1) is 11.3 Å². The molecule has 0 aliphatic heterocycles. The van der Waals surface area contributed by atoms with Gasteiger partial charge in [0, 0.05) is 34.8 Å². The third-order valence-electron chi connectivity index (χ3n) is 3.41. The SMILES string of the molecule is CCc1cc(NCc2cscn2)nc(-c2ccc([N+](=O)[O-])cc2)n1. The number of aryl methyl sites for hydroxylation is 1. The van der Waals surface area contributed by atoms with Gasteiger partial charge in [0.1, 0.15) is 5.82 Å². The van der Waals surface area contributed by atoms with E-state index in [4.69, 9.17) is 0 Å². The molecule has 7 nitrogen and oxygen atoms in total. The minimum absolute atomic E-state index is 0.0484. The van der Waals surface area contributed by atoms with Crippen LogP contribution in [0.5, 0.6) is 0 Å². The molecule has 0 aliphatic rings. The molecule has 3 aromatic rings. The van der Waals surface area contributed by atoms with Crippen molar-refractivity contribution in [3.8, 4) is 11.4 Å². The first kappa shape index (κ1) is 16.0. The Kier molecular flexibility index (Phi) is 4.76. The molecular weight excluding hydrogens is 326 g/mol. The van der Waals surface area contributed by atoms with Crippen molar-refractivity contribution >= 4 is 22.8 Å². The second-order valence-corrected chi connectivity index (χ2v) is 5.78. The third-order valence-corrected chi connectivity index (χ3v) is 4.05. The number of aromatic nitrogens is 3. The van der Waals surface area contributed by atoms with Gasteiger partial charge in [0.05, 0.1) is 22.7 Å². The van der Waals surface area contributed by atoms with E-state index in [1.54, 1.807) is 29.0 Å². The van der Waals surface area contributed by atoms with Crippen molar-refractivity contribution in [1.82, 2.24) is 15.0 Å². The van der Waals surface area contributed by atoms with Crippen LogP contribution in [0.2, 0.25) is 0 Å². The van der Waals surface area contributed by atoms with Gasteiger partial charge in [-0.25, -0.2) is 15.0 Å². The van der Waals surface area contributed by atoms with Crippen molar-refractivity contribution < 1.29 is 4.92 Å². The maximum atomic E-state index is 10.8. The van der Waals surface area contributed by atoms with Gasteiger partial charge in [-0.05, 0) is 18.6 Å². The smallest absolute Gasteiger partial charge is 0.269 e. The molecule has 0 radical (unpaired) electrons. The Morgan fingerprint density at radius 1 is 1.21 bits per heavy atom. The number of thiazole rings is 1. The van der Waals surface area contributed by atoms with Gasteiger partial charge in [0.15, 0.2) is 5.82 Å². The number of benzene rings is 1. The Balaban J connectivity index is 1.86. The van der Waals surface area contributed by atoms with Crippen molar-refractivity contribution in [2.45, 2.75) is 19.9 Å². The van der Waals surface area contributed by atoms with E-state index in [9.17, 15) is 10.1 Å². The van der Waals surface area contributed by atoms with Crippen LogP contribution in [0.1, 0.15) is 18.3 Å². The first-order valence-electron chi connectivity index (χ1n) is 7.39. The van der Waals surface area contributed by atoms with E-state index >= 15 is 0 Å². The average molecular weight is 341 g/mol. The van der Waals surface area contributed by atoms with E-state index in [1.807, 2.05) is 18.4 Å². The maximum absolute atomic E-state index is 10.8. The molecule has 0 fully saturated rings. The van der Waals surface area contributed by atoms with Crippen LogP contribution in [0.3, 0.4) is 0 Å². The Morgan fingerprint density at radius 3 is 2.62 bits per heavy atom. The van der Waals surface area contributed by atoms with Crippen molar-refractivity contribution in [3.63, 3.8) is 0 Å². The molecule has 2 aromatic heterocycles. The van der Waals surface area contributed by atoms with Gasteiger partial charge in [0.25, 0.3) is 5.69 Å². The van der Waals surface area contributed by atoms with E-state index in [-0.39, 0.29) is 5.69 Å². The lowest BCUT2D eigenvalue weighted by molar-refractivity contribution is -0.384. The van der Waals surface area contributed by atoms with Gasteiger partial charge in [-0.2, -0.15) is 0 Å². The molecule has 122 valence electrons. The number of non-ortho nitro benzene ring substituents is 1. The minimum atomic E-state index is -0.423. The van der Waals surface area contributed by atoms with E-state index in [0.717, 1.165) is 23.4 Å². The number of nitrogens with zero attached hydrogens (tertiary/aromatic N) is 4. The molecule has 0 spiro atoms. The van der Waals surface area contributed by atoms with Crippen molar-refractivity contribution in [3.05, 3.63) is 62.7 Å². The molecule has 0 bridgehead atoms. The van der Waals surface area contributed by atoms with Crippen LogP contribution in [0.15, 0.2) is 41.2 Å². The lowest BCUT2D eigenvalue weighted by Gasteiger charge is -2.09. The Hall–Kier alpha value is -2.87. The lowest BCUT2D eigenvalue weighted by Crippen LogP contribution is -2.05. The zero-order valence-corrected chi connectivity index (χ0v) is 13.8. The number of nitrogens with one attached hydrogen (secondary N) is 1. The molecule has 2 heterocycles. The number of hydrogen-bond acceptors (Lipinski definition) is 7. The number of nitro groups is 1. The number of hydrogen-bond donors (Lipinski definition) is 1. The zero-order valence-electron chi connectivity index (χ0n) is 13.0. The Labute approximate surface area is 142 Å². The van der Waals surface area contributed by atoms with Crippen molar-refractivity contribution in [2.75, 3.05) is 5.32 Å². The van der Waals surface area contributed by atoms with Gasteiger partial charge < -0.3 is 5.32 Å². The second-order valence-electron chi connectivity index (χ2n) is 5.06. The minimum Gasteiger partial charge on any atom is -0.364 e. The summed E-state index contributed by atoms with van der Waals surface area (Å²) < 4.78 is 0. The highest BCUT2D eigenvalue weighted by molar-refractivity contribution is 7.07. The van der Waals surface area contributed by atoms with Crippen LogP contribution in [-0.2, 0) is 13.0 Å². The highest BCUT2D eigenvalue weighted by Gasteiger charge is 2.09. The topological polar surface area (TPSA) is 93.8 Å². The molecule has 0 amide bonds. The van der Waals surface area contributed by atoms with E-state index < -0.39 is 4.92 Å². The summed E-state index contributed by atoms with van der Waals surface area (Å²) in [5, 5.41) is 16.0. The largest absolute Gasteiger partial charge is 0.364 e. The van der Waals surface area contributed by atoms with Gasteiger partial charge >= 0.3 is 0 Å². The summed E-state index contributed by atoms with van der Waals surface area (Å²) in [6.07, 6.45) is 0.772. The summed E-state index contributed by atoms with van der Waals surface area (Å²) >= 11 is 1.55. The molecule has 0 aliphatic carbocycles. The molecule has 1 N–H and O–H groups in total. The van der Waals surface area contributed by atoms with E-state index in [2.05, 4.69) is 20.3 Å². The van der Waals surface area contributed by atoms with Crippen LogP contribution in [0, 0.1) is 10.1 Å². The monoisotopic (exact) mass is 341 g/mol. The molecule has 0 unspecified atom stereocenters. The van der Waals surface area contributed by atoms with Crippen molar-refractivity contribution in [2.24, 2.45) is 0 Å². The molecule has 3 rings (SSSR count). The predicted octanol–water partition coefficient (Wildman–Crippen LogP) is 3.68. The summed E-state index contributed by atoms with van der Waals surface area (Å²) in [4.78, 5) is 23.6. The molecule has 0 saturated carbocycles. The molecule has 24 heavy (non-hydrogen) atoms. The molecule has 0 saturated heterocycles. The van der Waals surface area contributed by atoms with Gasteiger partial charge in [-0.3, -0.25) is 10.1 Å². The first-order chi connectivity index (χ1) is 11.7. The van der Waals surface area contributed by atoms with Crippen molar-refractivity contribution in [1.29, 1.82) is 0 Å². The fraction of sp³-hybridized carbons (Fsp3) is 0.188. The summed E-state index contributed by atoms with van der Waals surface area (Å²) in [6.45, 7) is 2.61. The average Bonchev–Trinajstić information content (AvgIpc) is 3.13. The number of rotatable bonds is 6. The first-order valence-corrected chi connectivity index (χ1v) is 8.33. The lowest BCUT2D eigenvalue weighted by atomic mass is 10.2. The zero-order chi connectivity index (χ0) is 16.9. The highest BCUT2D eigenvalue weighted by Crippen LogP contribution is 2.21. The second kappa shape index (κ2) is 7.14. The molecule has 0 atom stereocenters. The number of anilines is 1. The van der Waals surface area contributed by atoms with Gasteiger partial charge in [-0.1, -0.05) is 6.92 Å². The van der Waals surface area contributed by atoms with E-state index in [0.29, 0.717) is 18.2 Å². The van der Waals surface area contributed by atoms with Crippen LogP contribution in [0.4, 0.5) is 11.5 Å². The standard InChI is InChI=1S/C16H15N5O2S/c1-2-12-7-15(17-8-13-9-24-10-18-13)20-16(19-12)11-3-5-14(6-4-11)21(22)23/h3-7,9-10H,2,8H2,1H3,(H,17,19,20). The normalized spacial score (nSPS) is 10.5. The molecule has 1 aromatic carbocycles. The highest BCUT2D eigenvalue weighted by atomic mass is 32.1. The van der Waals surface area contributed by atoms with Crippen LogP contribution in [-0.4, -0.2) is 19.9 Å². The Morgan fingerprint density at radius 2 is 2.00 bits per heavy atom. The Bertz CT molecular complexity index is 834. The fourth-order valence-corrected chi connectivity index (χ4v) is 2.69. The molecule has 8 heteroatoms. The maximum Gasteiger partial charge on any atom is 0.269 e. The number of nitro benzene ring substituents is 1. The van der Waals surface area contributed by atoms with Gasteiger partial charge in [0.2, 0.25) is 0 Å². The quantitative estimate of drug-likeness (QED) is 0.543. The van der Waals surface area contributed by atoms with Crippen LogP contribution < -0.4 is 5.32 Å². The summed E-state index contributed by atoms with van der Waals surface area (Å²) in [6, 6.07) is 8.15. The van der Waals surface area contributed by atoms with Crippen LogP contribution in [0.25, 0.3) is 11.4 Å². The third kappa shape index (κ3) is 3.72. The summed E-state index contributed by atoms with van der Waals surface area (Å²) in [5.74, 6) is 1.26. The predicted molar refractivity (Wildman–Crippen MR) is 92.9 cm³/mol.